The topological polar surface area (TPSA) is 0 Å². The minimum absolute atomic E-state index is 0. The standard InChI is InChI=1S/C25H46N.C21H38N.2ClH/c1-4-5-6-7-8-9-10-11-12-13-14-15-16-20-23-26(2,3)24-25-21-18-17-19-22-25;1-4-5-6-7-8-9-10-11-12-16-19-22(2,3)20-21-17-14-13-15-18-21;;/h17-19,21-22H,4-16,20,23-24H2,1-3H3;13-15,17-18H,4-12,16,19-20H2,1-3H3;2*1H/q2*+1;;/p-2. The molecule has 0 N–H and O–H groups in total. The number of quaternary nitrogens is 2. The van der Waals surface area contributed by atoms with Gasteiger partial charge in [-0.25, -0.2) is 0 Å². The van der Waals surface area contributed by atoms with Gasteiger partial charge in [0.15, 0.2) is 0 Å². The Labute approximate surface area is 326 Å². The number of benzene rings is 2. The Morgan fingerprint density at radius 1 is 0.320 bits per heavy atom. The van der Waals surface area contributed by atoms with Crippen molar-refractivity contribution < 1.29 is 33.8 Å². The second-order valence-corrected chi connectivity index (χ2v) is 16.4. The van der Waals surface area contributed by atoms with Gasteiger partial charge in [-0.2, -0.15) is 0 Å². The number of nitrogens with zero attached hydrogens (tertiary/aromatic N) is 2. The first-order chi connectivity index (χ1) is 23.3. The molecule has 2 aromatic carbocycles. The maximum absolute atomic E-state index is 2.37. The zero-order valence-electron chi connectivity index (χ0n) is 34.2. The smallest absolute Gasteiger partial charge is 0.104 e. The summed E-state index contributed by atoms with van der Waals surface area (Å²) in [6, 6.07) is 21.8. The van der Waals surface area contributed by atoms with E-state index in [2.05, 4.69) is 103 Å². The van der Waals surface area contributed by atoms with E-state index in [-0.39, 0.29) is 24.8 Å². The molecule has 0 unspecified atom stereocenters. The van der Waals surface area contributed by atoms with Crippen molar-refractivity contribution in [3.05, 3.63) is 71.8 Å². The maximum Gasteiger partial charge on any atom is 0.104 e. The normalized spacial score (nSPS) is 11.3. The first-order valence-electron chi connectivity index (χ1n) is 21.0. The molecule has 2 aromatic rings. The summed E-state index contributed by atoms with van der Waals surface area (Å²) in [4.78, 5) is 0. The highest BCUT2D eigenvalue weighted by Gasteiger charge is 2.16. The Balaban J connectivity index is 0. The van der Waals surface area contributed by atoms with Gasteiger partial charge in [-0.15, -0.1) is 0 Å². The first-order valence-corrected chi connectivity index (χ1v) is 21.0. The highest BCUT2D eigenvalue weighted by Crippen LogP contribution is 2.16. The predicted molar refractivity (Wildman–Crippen MR) is 216 cm³/mol. The highest BCUT2D eigenvalue weighted by atomic mass is 35.5. The fraction of sp³-hybridized carbons (Fsp3) is 0.739. The summed E-state index contributed by atoms with van der Waals surface area (Å²) in [5, 5.41) is 0. The Bertz CT molecular complexity index is 932. The van der Waals surface area contributed by atoms with Crippen molar-refractivity contribution in [1.29, 1.82) is 0 Å². The van der Waals surface area contributed by atoms with E-state index in [0.29, 0.717) is 0 Å². The van der Waals surface area contributed by atoms with Gasteiger partial charge in [0.25, 0.3) is 0 Å². The second-order valence-electron chi connectivity index (χ2n) is 16.4. The molecule has 0 bridgehead atoms. The quantitative estimate of drug-likeness (QED) is 0.0565. The third-order valence-electron chi connectivity index (χ3n) is 10.1. The van der Waals surface area contributed by atoms with Crippen molar-refractivity contribution in [1.82, 2.24) is 0 Å². The van der Waals surface area contributed by atoms with Crippen LogP contribution in [0, 0.1) is 0 Å². The molecule has 0 heterocycles. The molecule has 2 rings (SSSR count). The van der Waals surface area contributed by atoms with E-state index < -0.39 is 0 Å². The maximum atomic E-state index is 2.37. The van der Waals surface area contributed by atoms with Crippen molar-refractivity contribution in [2.45, 2.75) is 181 Å². The molecule has 0 saturated carbocycles. The minimum Gasteiger partial charge on any atom is -1.00 e. The van der Waals surface area contributed by atoms with Gasteiger partial charge in [0.05, 0.1) is 41.3 Å². The van der Waals surface area contributed by atoms with Crippen LogP contribution in [0.1, 0.15) is 179 Å². The molecule has 0 aliphatic heterocycles. The summed E-state index contributed by atoms with van der Waals surface area (Å²) in [5.74, 6) is 0. The lowest BCUT2D eigenvalue weighted by Crippen LogP contribution is -3.00. The molecule has 0 aliphatic carbocycles. The summed E-state index contributed by atoms with van der Waals surface area (Å²) in [7, 11) is 9.46. The van der Waals surface area contributed by atoms with Gasteiger partial charge >= 0.3 is 0 Å². The number of unbranched alkanes of at least 4 members (excludes halogenated alkanes) is 22. The van der Waals surface area contributed by atoms with Crippen LogP contribution in [0.4, 0.5) is 0 Å². The van der Waals surface area contributed by atoms with Gasteiger partial charge in [0, 0.05) is 11.1 Å². The van der Waals surface area contributed by atoms with Crippen molar-refractivity contribution in [2.24, 2.45) is 0 Å². The summed E-state index contributed by atoms with van der Waals surface area (Å²) in [5.41, 5.74) is 2.92. The van der Waals surface area contributed by atoms with Gasteiger partial charge in [-0.3, -0.25) is 0 Å². The zero-order valence-corrected chi connectivity index (χ0v) is 35.7. The molecule has 292 valence electrons. The van der Waals surface area contributed by atoms with Crippen molar-refractivity contribution in [3.63, 3.8) is 0 Å². The Morgan fingerprint density at radius 3 is 0.780 bits per heavy atom. The Morgan fingerprint density at radius 2 is 0.540 bits per heavy atom. The average Bonchev–Trinajstić information content (AvgIpc) is 3.06. The van der Waals surface area contributed by atoms with Crippen molar-refractivity contribution in [2.75, 3.05) is 41.3 Å². The molecule has 0 saturated heterocycles. The van der Waals surface area contributed by atoms with Crippen LogP contribution in [-0.4, -0.2) is 50.2 Å². The number of hydrogen-bond acceptors (Lipinski definition) is 0. The second kappa shape index (κ2) is 35.0. The van der Waals surface area contributed by atoms with E-state index in [1.54, 1.807) is 0 Å². The first kappa shape index (κ1) is 51.0. The molecule has 50 heavy (non-hydrogen) atoms. The molecule has 0 radical (unpaired) electrons. The lowest BCUT2D eigenvalue weighted by atomic mass is 10.0. The van der Waals surface area contributed by atoms with Gasteiger partial charge in [-0.05, 0) is 25.7 Å². The third-order valence-corrected chi connectivity index (χ3v) is 10.1. The van der Waals surface area contributed by atoms with Crippen LogP contribution in [0.15, 0.2) is 60.7 Å². The van der Waals surface area contributed by atoms with Crippen LogP contribution >= 0.6 is 0 Å². The van der Waals surface area contributed by atoms with Crippen LogP contribution in [0.25, 0.3) is 0 Å². The zero-order chi connectivity index (χ0) is 35.0. The van der Waals surface area contributed by atoms with Crippen LogP contribution < -0.4 is 24.8 Å². The van der Waals surface area contributed by atoms with Gasteiger partial charge in [0.1, 0.15) is 13.1 Å². The monoisotopic (exact) mass is 735 g/mol. The van der Waals surface area contributed by atoms with Gasteiger partial charge < -0.3 is 33.8 Å². The molecule has 0 aromatic heterocycles. The number of hydrogen-bond donors (Lipinski definition) is 0. The average molecular weight is 736 g/mol. The van der Waals surface area contributed by atoms with Crippen molar-refractivity contribution >= 4 is 0 Å². The van der Waals surface area contributed by atoms with Gasteiger partial charge in [-0.1, -0.05) is 203 Å². The SMILES string of the molecule is CCCCCCCCCCCCCCCC[N+](C)(C)Cc1ccccc1.CCCCCCCCCCCC[N+](C)(C)Cc1ccccc1.[Cl-].[Cl-]. The van der Waals surface area contributed by atoms with Crippen LogP contribution in [-0.2, 0) is 13.1 Å². The Kier molecular flexibility index (Phi) is 35.7. The van der Waals surface area contributed by atoms with Crippen LogP contribution in [0.3, 0.4) is 0 Å². The van der Waals surface area contributed by atoms with Crippen LogP contribution in [0.5, 0.6) is 0 Å². The van der Waals surface area contributed by atoms with E-state index in [1.807, 2.05) is 0 Å². The molecule has 4 heteroatoms. The van der Waals surface area contributed by atoms with Crippen LogP contribution in [0.2, 0.25) is 0 Å². The lowest BCUT2D eigenvalue weighted by Gasteiger charge is -2.30. The molecule has 0 fully saturated rings. The summed E-state index contributed by atoms with van der Waals surface area (Å²) in [6.07, 6.45) is 34.4. The third kappa shape index (κ3) is 32.8. The number of rotatable bonds is 30. The fourth-order valence-electron chi connectivity index (χ4n) is 7.08. The van der Waals surface area contributed by atoms with E-state index in [0.717, 1.165) is 22.1 Å². The van der Waals surface area contributed by atoms with Gasteiger partial charge in [0.2, 0.25) is 0 Å². The molecule has 0 aliphatic rings. The van der Waals surface area contributed by atoms with E-state index in [4.69, 9.17) is 0 Å². The summed E-state index contributed by atoms with van der Waals surface area (Å²) >= 11 is 0. The molecule has 0 amide bonds. The minimum atomic E-state index is 0. The highest BCUT2D eigenvalue weighted by molar-refractivity contribution is 5.14. The summed E-state index contributed by atoms with van der Waals surface area (Å²) < 4.78 is 2.23. The van der Waals surface area contributed by atoms with E-state index >= 15 is 0 Å². The largest absolute Gasteiger partial charge is 1.00 e. The van der Waals surface area contributed by atoms with E-state index in [9.17, 15) is 0 Å². The van der Waals surface area contributed by atoms with Crippen molar-refractivity contribution in [3.8, 4) is 0 Å². The summed E-state index contributed by atoms with van der Waals surface area (Å²) in [6.45, 7) is 9.48. The molecule has 0 atom stereocenters. The fourth-order valence-corrected chi connectivity index (χ4v) is 7.08. The Hall–Kier alpha value is -1.06. The molecule has 0 spiro atoms. The molecular formula is C46H84Cl2N2. The van der Waals surface area contributed by atoms with E-state index in [1.165, 1.54) is 178 Å². The lowest BCUT2D eigenvalue weighted by molar-refractivity contribution is -0.903. The molecule has 2 nitrogen and oxygen atoms in total. The number of halogens is 2. The molecular weight excluding hydrogens is 651 g/mol. The predicted octanol–water partition coefficient (Wildman–Crippen LogP) is 7.94.